The van der Waals surface area contributed by atoms with E-state index in [1.807, 2.05) is 0 Å². The van der Waals surface area contributed by atoms with E-state index in [0.717, 1.165) is 7.11 Å². The van der Waals surface area contributed by atoms with Crippen molar-refractivity contribution in [3.05, 3.63) is 0 Å². The number of rotatable bonds is 7. The van der Waals surface area contributed by atoms with Gasteiger partial charge in [0.15, 0.2) is 0 Å². The summed E-state index contributed by atoms with van der Waals surface area (Å²) >= 11 is 0. The maximum absolute atomic E-state index is 11.9. The Bertz CT molecular complexity index is 389. The summed E-state index contributed by atoms with van der Waals surface area (Å²) in [5, 5.41) is 8.85. The van der Waals surface area contributed by atoms with E-state index in [1.165, 1.54) is 11.9 Å². The molecule has 0 saturated heterocycles. The van der Waals surface area contributed by atoms with Crippen molar-refractivity contribution in [3.63, 3.8) is 0 Å². The van der Waals surface area contributed by atoms with E-state index in [4.69, 9.17) is 14.6 Å². The molecule has 0 heterocycles. The lowest BCUT2D eigenvalue weighted by Gasteiger charge is -2.27. The molecule has 0 spiro atoms. The summed E-state index contributed by atoms with van der Waals surface area (Å²) in [6.07, 6.45) is -1.59. The van der Waals surface area contributed by atoms with E-state index in [9.17, 15) is 14.4 Å². The molecule has 0 radical (unpaired) electrons. The zero-order valence-electron chi connectivity index (χ0n) is 13.7. The van der Waals surface area contributed by atoms with Crippen LogP contribution in [0.3, 0.4) is 0 Å². The van der Waals surface area contributed by atoms with Crippen molar-refractivity contribution >= 4 is 18.0 Å². The number of aliphatic hydroxyl groups excluding tert-OH is 1. The highest BCUT2D eigenvalue weighted by molar-refractivity contribution is 5.82. The molecule has 1 N–H and O–H groups in total. The van der Waals surface area contributed by atoms with Crippen LogP contribution < -0.4 is 0 Å². The zero-order chi connectivity index (χ0) is 17.3. The highest BCUT2D eigenvalue weighted by atomic mass is 16.7. The van der Waals surface area contributed by atoms with E-state index in [-0.39, 0.29) is 32.0 Å². The van der Waals surface area contributed by atoms with Gasteiger partial charge in [-0.05, 0) is 20.8 Å². The van der Waals surface area contributed by atoms with Crippen molar-refractivity contribution in [1.82, 2.24) is 4.90 Å². The van der Waals surface area contributed by atoms with Gasteiger partial charge in [-0.25, -0.2) is 9.59 Å². The summed E-state index contributed by atoms with van der Waals surface area (Å²) in [4.78, 5) is 36.0. The molecular weight excluding hydrogens is 294 g/mol. The second-order valence-electron chi connectivity index (χ2n) is 5.76. The minimum atomic E-state index is -0.915. The largest absolute Gasteiger partial charge is 0.508 e. The number of hydrogen-bond acceptors (Lipinski definition) is 7. The van der Waals surface area contributed by atoms with E-state index >= 15 is 0 Å². The summed E-state index contributed by atoms with van der Waals surface area (Å²) in [6, 6.07) is 0. The normalized spacial score (nSPS) is 12.3. The van der Waals surface area contributed by atoms with Crippen molar-refractivity contribution in [2.24, 2.45) is 5.92 Å². The third kappa shape index (κ3) is 8.46. The van der Waals surface area contributed by atoms with Gasteiger partial charge < -0.3 is 24.2 Å². The Balaban J connectivity index is 4.70. The number of nitrogens with zero attached hydrogens (tertiary/aromatic N) is 1. The molecule has 1 unspecified atom stereocenters. The number of ether oxygens (including phenoxy) is 3. The van der Waals surface area contributed by atoms with Crippen molar-refractivity contribution in [3.8, 4) is 0 Å². The first-order valence-corrected chi connectivity index (χ1v) is 6.89. The quantitative estimate of drug-likeness (QED) is 0.703. The average Bonchev–Trinajstić information content (AvgIpc) is 2.40. The highest BCUT2D eigenvalue weighted by Crippen LogP contribution is 2.12. The lowest BCUT2D eigenvalue weighted by molar-refractivity contribution is -0.125. The van der Waals surface area contributed by atoms with E-state index in [1.54, 1.807) is 20.8 Å². The Morgan fingerprint density at radius 2 is 1.82 bits per heavy atom. The molecule has 1 amide bonds. The molecular formula is C14H25NO7. The van der Waals surface area contributed by atoms with Crippen LogP contribution in [0.5, 0.6) is 0 Å². The van der Waals surface area contributed by atoms with Gasteiger partial charge in [-0.3, -0.25) is 4.79 Å². The summed E-state index contributed by atoms with van der Waals surface area (Å²) in [5.41, 5.74) is -0.654. The van der Waals surface area contributed by atoms with E-state index in [0.29, 0.717) is 0 Å². The number of aliphatic hydroxyl groups is 1. The molecule has 128 valence electrons. The van der Waals surface area contributed by atoms with Gasteiger partial charge in [-0.1, -0.05) is 0 Å². The number of carbonyl (C=O) groups is 3. The Kier molecular flexibility index (Phi) is 8.47. The lowest BCUT2D eigenvalue weighted by Crippen LogP contribution is -2.40. The van der Waals surface area contributed by atoms with Crippen LogP contribution in [-0.2, 0) is 19.0 Å². The zero-order valence-corrected chi connectivity index (χ0v) is 13.7. The number of ketones is 1. The second kappa shape index (κ2) is 9.24. The van der Waals surface area contributed by atoms with Gasteiger partial charge in [0.2, 0.25) is 0 Å². The van der Waals surface area contributed by atoms with Crippen molar-refractivity contribution < 1.29 is 33.7 Å². The van der Waals surface area contributed by atoms with Gasteiger partial charge >= 0.3 is 12.2 Å². The van der Waals surface area contributed by atoms with Gasteiger partial charge in [0.05, 0.1) is 13.0 Å². The third-order valence-corrected chi connectivity index (χ3v) is 2.58. The molecule has 0 bridgehead atoms. The van der Waals surface area contributed by atoms with Crippen LogP contribution in [0, 0.1) is 5.92 Å². The van der Waals surface area contributed by atoms with Crippen molar-refractivity contribution in [2.45, 2.75) is 32.8 Å². The first-order valence-electron chi connectivity index (χ1n) is 6.89. The molecule has 0 aromatic carbocycles. The fraction of sp³-hybridized carbons (Fsp3) is 0.786. The number of amides is 1. The molecule has 0 aliphatic heterocycles. The number of carbonyl (C=O) groups excluding carboxylic acids is 3. The first kappa shape index (κ1) is 20.2. The molecule has 8 heteroatoms. The fourth-order valence-electron chi connectivity index (χ4n) is 1.53. The number of hydrogen-bond donors (Lipinski definition) is 1. The van der Waals surface area contributed by atoms with Gasteiger partial charge in [-0.15, -0.1) is 0 Å². The minimum Gasteiger partial charge on any atom is -0.444 e. The molecule has 22 heavy (non-hydrogen) atoms. The maximum atomic E-state index is 11.9. The highest BCUT2D eigenvalue weighted by Gasteiger charge is 2.26. The van der Waals surface area contributed by atoms with Crippen molar-refractivity contribution in [1.29, 1.82) is 0 Å². The van der Waals surface area contributed by atoms with E-state index < -0.39 is 23.8 Å². The molecule has 0 saturated carbocycles. The summed E-state index contributed by atoms with van der Waals surface area (Å²) < 4.78 is 14.3. The van der Waals surface area contributed by atoms with Gasteiger partial charge in [0.1, 0.15) is 18.0 Å². The van der Waals surface area contributed by atoms with Crippen LogP contribution in [0.15, 0.2) is 0 Å². The molecule has 0 aromatic rings. The van der Waals surface area contributed by atoms with Crippen LogP contribution in [0.4, 0.5) is 9.59 Å². The Hall–Kier alpha value is -1.83. The second-order valence-corrected chi connectivity index (χ2v) is 5.76. The third-order valence-electron chi connectivity index (χ3n) is 2.58. The van der Waals surface area contributed by atoms with Crippen LogP contribution in [-0.4, -0.2) is 67.6 Å². The van der Waals surface area contributed by atoms with Crippen LogP contribution >= 0.6 is 0 Å². The van der Waals surface area contributed by atoms with Crippen LogP contribution in [0.2, 0.25) is 0 Å². The van der Waals surface area contributed by atoms with E-state index in [2.05, 4.69) is 4.74 Å². The molecule has 0 aliphatic carbocycles. The molecule has 1 atom stereocenters. The Morgan fingerprint density at radius 3 is 2.27 bits per heavy atom. The predicted octanol–water partition coefficient (Wildman–Crippen LogP) is 1.20. The van der Waals surface area contributed by atoms with Crippen LogP contribution in [0.25, 0.3) is 0 Å². The standard InChI is InChI=1S/C14H25NO7/c1-14(2,3)22-12(18)15(4)8-10(11(17)6-7-16)9-21-13(19)20-5/h10,16H,6-9H2,1-5H3. The topological polar surface area (TPSA) is 102 Å². The summed E-state index contributed by atoms with van der Waals surface area (Å²) in [6.45, 7) is 4.64. The first-order chi connectivity index (χ1) is 10.1. The molecule has 0 aliphatic rings. The molecule has 0 rings (SSSR count). The summed E-state index contributed by atoms with van der Waals surface area (Å²) in [5.74, 6) is -1.08. The Labute approximate surface area is 130 Å². The number of Topliss-reactive ketones (excluding diaryl/α,β-unsaturated/α-hetero) is 1. The van der Waals surface area contributed by atoms with Gasteiger partial charge in [-0.2, -0.15) is 0 Å². The molecule has 8 nitrogen and oxygen atoms in total. The average molecular weight is 319 g/mol. The fourth-order valence-corrected chi connectivity index (χ4v) is 1.53. The minimum absolute atomic E-state index is 0.00470. The maximum Gasteiger partial charge on any atom is 0.508 e. The molecule has 0 fully saturated rings. The monoisotopic (exact) mass is 319 g/mol. The van der Waals surface area contributed by atoms with Crippen molar-refractivity contribution in [2.75, 3.05) is 33.9 Å². The SMILES string of the molecule is COC(=O)OCC(CN(C)C(=O)OC(C)(C)C)C(=O)CCO. The predicted molar refractivity (Wildman–Crippen MR) is 77.4 cm³/mol. The van der Waals surface area contributed by atoms with Crippen LogP contribution in [0.1, 0.15) is 27.2 Å². The lowest BCUT2D eigenvalue weighted by atomic mass is 10.0. The summed E-state index contributed by atoms with van der Waals surface area (Å²) in [7, 11) is 2.63. The number of methoxy groups -OCH3 is 1. The molecule has 0 aromatic heterocycles. The van der Waals surface area contributed by atoms with Gasteiger partial charge in [0.25, 0.3) is 0 Å². The van der Waals surface area contributed by atoms with Gasteiger partial charge in [0, 0.05) is 26.6 Å². The Morgan fingerprint density at radius 1 is 1.23 bits per heavy atom. The smallest absolute Gasteiger partial charge is 0.444 e.